The summed E-state index contributed by atoms with van der Waals surface area (Å²) in [5, 5.41) is 11.6. The number of hydrogen-bond acceptors (Lipinski definition) is 3. The molecule has 4 nitrogen and oxygen atoms in total. The lowest BCUT2D eigenvalue weighted by molar-refractivity contribution is 0.571. The van der Waals surface area contributed by atoms with Crippen molar-refractivity contribution in [1.82, 2.24) is 20.3 Å². The molecule has 2 aromatic rings. The molecule has 1 atom stereocenters. The molecule has 0 saturated carbocycles. The maximum atomic E-state index is 4.03. The highest BCUT2D eigenvalue weighted by molar-refractivity contribution is 9.10. The van der Waals surface area contributed by atoms with E-state index in [2.05, 4.69) is 69.7 Å². The fourth-order valence-electron chi connectivity index (χ4n) is 2.07. The van der Waals surface area contributed by atoms with Crippen LogP contribution < -0.4 is 5.32 Å². The summed E-state index contributed by atoms with van der Waals surface area (Å²) < 4.78 is 2.56. The number of nitrogens with zero attached hydrogens (tertiary/aromatic N) is 3. The van der Waals surface area contributed by atoms with Crippen molar-refractivity contribution in [3.8, 4) is 11.3 Å². The van der Waals surface area contributed by atoms with Gasteiger partial charge in [0.2, 0.25) is 0 Å². The molecule has 0 radical (unpaired) electrons. The Morgan fingerprint density at radius 2 is 2.21 bits per heavy atom. The number of hydrogen-bond donors (Lipinski definition) is 1. The molecule has 0 fully saturated rings. The highest BCUT2D eigenvalue weighted by Crippen LogP contribution is 2.27. The molecular weight excluding hydrogens is 304 g/mol. The van der Waals surface area contributed by atoms with E-state index in [1.807, 2.05) is 7.05 Å². The van der Waals surface area contributed by atoms with Gasteiger partial charge >= 0.3 is 0 Å². The van der Waals surface area contributed by atoms with E-state index < -0.39 is 0 Å². The van der Waals surface area contributed by atoms with Crippen molar-refractivity contribution in [3.05, 3.63) is 34.4 Å². The second-order valence-corrected chi connectivity index (χ2v) is 5.40. The van der Waals surface area contributed by atoms with Crippen LogP contribution in [0.5, 0.6) is 0 Å². The minimum absolute atomic E-state index is 0.347. The van der Waals surface area contributed by atoms with Crippen molar-refractivity contribution in [2.75, 3.05) is 6.54 Å². The van der Waals surface area contributed by atoms with Crippen molar-refractivity contribution in [2.45, 2.75) is 26.3 Å². The molecule has 0 amide bonds. The quantitative estimate of drug-likeness (QED) is 0.918. The topological polar surface area (TPSA) is 42.7 Å². The zero-order valence-electron chi connectivity index (χ0n) is 11.5. The number of benzene rings is 1. The molecule has 0 saturated heterocycles. The van der Waals surface area contributed by atoms with Crippen molar-refractivity contribution >= 4 is 15.9 Å². The van der Waals surface area contributed by atoms with E-state index in [0.29, 0.717) is 6.04 Å². The lowest BCUT2D eigenvalue weighted by atomic mass is 10.0. The third-order valence-electron chi connectivity index (χ3n) is 3.15. The number of aryl methyl sites for hydroxylation is 1. The summed E-state index contributed by atoms with van der Waals surface area (Å²) in [6.07, 6.45) is 1.14. The number of halogens is 1. The van der Waals surface area contributed by atoms with Crippen LogP contribution in [0, 0.1) is 0 Å². The SMILES string of the molecule is CCCNC(C)c1cccc(-c2c(Br)nnn2C)c1. The molecule has 19 heavy (non-hydrogen) atoms. The Morgan fingerprint density at radius 3 is 2.84 bits per heavy atom. The molecule has 0 aliphatic rings. The summed E-state index contributed by atoms with van der Waals surface area (Å²) in [5.41, 5.74) is 3.41. The molecule has 2 rings (SSSR count). The Labute approximate surface area is 122 Å². The smallest absolute Gasteiger partial charge is 0.156 e. The minimum atomic E-state index is 0.347. The summed E-state index contributed by atoms with van der Waals surface area (Å²) >= 11 is 3.45. The number of aromatic nitrogens is 3. The van der Waals surface area contributed by atoms with E-state index in [4.69, 9.17) is 0 Å². The average molecular weight is 323 g/mol. The lowest BCUT2D eigenvalue weighted by Gasteiger charge is -2.14. The first-order valence-corrected chi connectivity index (χ1v) is 7.31. The Morgan fingerprint density at radius 1 is 1.42 bits per heavy atom. The fourth-order valence-corrected chi connectivity index (χ4v) is 2.63. The third kappa shape index (κ3) is 3.22. The van der Waals surface area contributed by atoms with E-state index in [0.717, 1.165) is 28.8 Å². The second kappa shape index (κ2) is 6.30. The van der Waals surface area contributed by atoms with Gasteiger partial charge in [-0.15, -0.1) is 5.10 Å². The maximum absolute atomic E-state index is 4.03. The molecule has 1 aromatic heterocycles. The van der Waals surface area contributed by atoms with Gasteiger partial charge in [0.05, 0.1) is 0 Å². The molecule has 1 N–H and O–H groups in total. The van der Waals surface area contributed by atoms with Gasteiger partial charge in [-0.1, -0.05) is 30.3 Å². The normalized spacial score (nSPS) is 12.6. The van der Waals surface area contributed by atoms with Crippen molar-refractivity contribution < 1.29 is 0 Å². The van der Waals surface area contributed by atoms with Gasteiger partial charge in [0, 0.05) is 18.7 Å². The van der Waals surface area contributed by atoms with Gasteiger partial charge in [0.15, 0.2) is 4.60 Å². The number of nitrogens with one attached hydrogen (secondary N) is 1. The molecule has 0 aliphatic carbocycles. The first-order valence-electron chi connectivity index (χ1n) is 6.52. The minimum Gasteiger partial charge on any atom is -0.310 e. The summed E-state index contributed by atoms with van der Waals surface area (Å²) in [4.78, 5) is 0. The molecular formula is C14H19BrN4. The Balaban J connectivity index is 2.29. The Kier molecular flexibility index (Phi) is 4.71. The second-order valence-electron chi connectivity index (χ2n) is 4.65. The summed E-state index contributed by atoms with van der Waals surface area (Å²) in [7, 11) is 1.90. The predicted molar refractivity (Wildman–Crippen MR) is 80.8 cm³/mol. The molecule has 5 heteroatoms. The fraction of sp³-hybridized carbons (Fsp3) is 0.429. The summed E-state index contributed by atoms with van der Waals surface area (Å²) in [5.74, 6) is 0. The number of rotatable bonds is 5. The van der Waals surface area contributed by atoms with Crippen LogP contribution in [-0.2, 0) is 7.05 Å². The van der Waals surface area contributed by atoms with Crippen LogP contribution in [0.25, 0.3) is 11.3 Å². The monoisotopic (exact) mass is 322 g/mol. The highest BCUT2D eigenvalue weighted by atomic mass is 79.9. The predicted octanol–water partition coefficient (Wildman–Crippen LogP) is 3.31. The van der Waals surface area contributed by atoms with Crippen molar-refractivity contribution in [2.24, 2.45) is 7.05 Å². The zero-order chi connectivity index (χ0) is 13.8. The standard InChI is InChI=1S/C14H19BrN4/c1-4-8-16-10(2)11-6-5-7-12(9-11)13-14(15)17-18-19(13)3/h5-7,9-10,16H,4,8H2,1-3H3. The van der Waals surface area contributed by atoms with Crippen molar-refractivity contribution in [3.63, 3.8) is 0 Å². The third-order valence-corrected chi connectivity index (χ3v) is 3.68. The average Bonchev–Trinajstić information content (AvgIpc) is 2.75. The van der Waals surface area contributed by atoms with Crippen LogP contribution in [0.15, 0.2) is 28.9 Å². The van der Waals surface area contributed by atoms with E-state index in [-0.39, 0.29) is 0 Å². The van der Waals surface area contributed by atoms with Crippen LogP contribution in [0.3, 0.4) is 0 Å². The molecule has 0 bridgehead atoms. The first-order chi connectivity index (χ1) is 9.13. The maximum Gasteiger partial charge on any atom is 0.156 e. The van der Waals surface area contributed by atoms with Gasteiger partial charge in [0.25, 0.3) is 0 Å². The summed E-state index contributed by atoms with van der Waals surface area (Å²) in [6, 6.07) is 8.85. The van der Waals surface area contributed by atoms with Gasteiger partial charge in [-0.2, -0.15) is 0 Å². The van der Waals surface area contributed by atoms with Crippen LogP contribution in [0.1, 0.15) is 31.9 Å². The van der Waals surface area contributed by atoms with Gasteiger partial charge in [-0.05, 0) is 47.4 Å². The molecule has 1 unspecified atom stereocenters. The lowest BCUT2D eigenvalue weighted by Crippen LogP contribution is -2.19. The van der Waals surface area contributed by atoms with Crippen LogP contribution in [0.2, 0.25) is 0 Å². The molecule has 1 heterocycles. The molecule has 1 aromatic carbocycles. The Bertz CT molecular complexity index is 531. The van der Waals surface area contributed by atoms with Gasteiger partial charge < -0.3 is 5.32 Å². The first kappa shape index (κ1) is 14.2. The van der Waals surface area contributed by atoms with E-state index >= 15 is 0 Å². The zero-order valence-corrected chi connectivity index (χ0v) is 13.1. The van der Waals surface area contributed by atoms with Crippen molar-refractivity contribution in [1.29, 1.82) is 0 Å². The van der Waals surface area contributed by atoms with Gasteiger partial charge in [-0.25, -0.2) is 4.68 Å². The summed E-state index contributed by atoms with van der Waals surface area (Å²) in [6.45, 7) is 5.39. The van der Waals surface area contributed by atoms with Crippen LogP contribution >= 0.6 is 15.9 Å². The molecule has 0 spiro atoms. The van der Waals surface area contributed by atoms with Crippen LogP contribution in [0.4, 0.5) is 0 Å². The Hall–Kier alpha value is -1.20. The highest BCUT2D eigenvalue weighted by Gasteiger charge is 2.12. The van der Waals surface area contributed by atoms with E-state index in [9.17, 15) is 0 Å². The van der Waals surface area contributed by atoms with Crippen LogP contribution in [-0.4, -0.2) is 21.5 Å². The molecule has 0 aliphatic heterocycles. The van der Waals surface area contributed by atoms with E-state index in [1.165, 1.54) is 5.56 Å². The van der Waals surface area contributed by atoms with E-state index in [1.54, 1.807) is 4.68 Å². The van der Waals surface area contributed by atoms with Gasteiger partial charge in [0.1, 0.15) is 5.69 Å². The largest absolute Gasteiger partial charge is 0.310 e. The van der Waals surface area contributed by atoms with Gasteiger partial charge in [-0.3, -0.25) is 0 Å². The molecule has 102 valence electrons.